The molecule has 0 aliphatic carbocycles. The minimum absolute atomic E-state index is 0. The number of hydrogen-bond acceptors (Lipinski definition) is 8. The van der Waals surface area contributed by atoms with Gasteiger partial charge in [0.25, 0.3) is 0 Å². The van der Waals surface area contributed by atoms with Gasteiger partial charge in [0.2, 0.25) is 0 Å². The molecule has 12 heteroatoms. The molecule has 7 nitrogen and oxygen atoms in total. The first-order valence-electron chi connectivity index (χ1n) is 6.24. The van der Waals surface area contributed by atoms with E-state index >= 15 is 0 Å². The Hall–Kier alpha value is 0.930. The van der Waals surface area contributed by atoms with Gasteiger partial charge in [-0.25, -0.2) is 4.21 Å². The van der Waals surface area contributed by atoms with Gasteiger partial charge in [-0.05, 0) is 41.7 Å². The molecule has 0 aliphatic heterocycles. The Balaban J connectivity index is -0.0000000936. The zero-order valence-corrected chi connectivity index (χ0v) is 23.8. The zero-order valence-electron chi connectivity index (χ0n) is 16.2. The maximum absolute atomic E-state index is 10.4. The van der Waals surface area contributed by atoms with Crippen LogP contribution in [0, 0.1) is 0 Å². The number of rotatable bonds is 5. The molecule has 0 fully saturated rings. The van der Waals surface area contributed by atoms with E-state index in [1.165, 1.54) is 13.8 Å². The topological polar surface area (TPSA) is 130 Å². The van der Waals surface area contributed by atoms with E-state index in [0.29, 0.717) is 0 Å². The van der Waals surface area contributed by atoms with Crippen molar-refractivity contribution in [2.24, 2.45) is 0 Å². The molecule has 0 N–H and O–H groups in total. The summed E-state index contributed by atoms with van der Waals surface area (Å²) in [7, 11) is -3.74. The second-order valence-corrected chi connectivity index (χ2v) is 6.57. The van der Waals surface area contributed by atoms with Crippen LogP contribution in [0.25, 0.3) is 0 Å². The summed E-state index contributed by atoms with van der Waals surface area (Å²) in [5.74, 6) is -2.37. The van der Waals surface area contributed by atoms with Crippen LogP contribution in [0.2, 0.25) is 0 Å². The minimum Gasteiger partial charge on any atom is -0.748 e. The summed E-state index contributed by atoms with van der Waals surface area (Å²) in [6.07, 6.45) is 0. The smallest absolute Gasteiger partial charge is 0.748 e. The molecule has 0 amide bonds. The summed E-state index contributed by atoms with van der Waals surface area (Å²) in [5.41, 5.74) is 0.913. The first-order chi connectivity index (χ1) is 10.9. The molecule has 0 heterocycles. The van der Waals surface area contributed by atoms with Gasteiger partial charge in [0.05, 0.1) is 27.6 Å². The molecule has 1 rings (SSSR count). The molecule has 1 aromatic rings. The van der Waals surface area contributed by atoms with Crippen LogP contribution in [0.15, 0.2) is 54.6 Å². The molecular formula is C15H17Na3O7S2. The molecule has 1 aromatic carbocycles. The van der Waals surface area contributed by atoms with Gasteiger partial charge >= 0.3 is 88.7 Å². The van der Waals surface area contributed by atoms with Gasteiger partial charge in [-0.1, -0.05) is 43.5 Å². The van der Waals surface area contributed by atoms with Crippen molar-refractivity contribution in [3.63, 3.8) is 0 Å². The second kappa shape index (κ2) is 21.6. The Kier molecular flexibility index (Phi) is 30.9. The first-order valence-corrected chi connectivity index (χ1v) is 8.58. The summed E-state index contributed by atoms with van der Waals surface area (Å²) in [6.45, 7) is 8.96. The number of carboxylic acids is 2. The summed E-state index contributed by atoms with van der Waals surface area (Å²) >= 11 is 4.03. The molecule has 0 aliphatic rings. The minimum atomic E-state index is -3.74. The maximum atomic E-state index is 10.4. The molecule has 27 heavy (non-hydrogen) atoms. The van der Waals surface area contributed by atoms with Gasteiger partial charge in [0.15, 0.2) is 0 Å². The molecule has 0 bridgehead atoms. The van der Waals surface area contributed by atoms with Crippen LogP contribution in [0.3, 0.4) is 0 Å². The predicted octanol–water partition coefficient (Wildman–Crippen LogP) is -9.37. The van der Waals surface area contributed by atoms with E-state index in [9.17, 15) is 28.6 Å². The van der Waals surface area contributed by atoms with E-state index < -0.39 is 21.0 Å². The summed E-state index contributed by atoms with van der Waals surface area (Å²) in [4.78, 5) is 19.0. The van der Waals surface area contributed by atoms with Crippen LogP contribution in [0.4, 0.5) is 0 Å². The Morgan fingerprint density at radius 1 is 1.00 bits per heavy atom. The van der Waals surface area contributed by atoms with E-state index in [-0.39, 0.29) is 106 Å². The van der Waals surface area contributed by atoms with Crippen molar-refractivity contribution in [3.05, 3.63) is 60.2 Å². The summed E-state index contributed by atoms with van der Waals surface area (Å²) < 4.78 is 25.2. The van der Waals surface area contributed by atoms with Crippen molar-refractivity contribution in [2.75, 3.05) is 0 Å². The van der Waals surface area contributed by atoms with Crippen LogP contribution in [0.1, 0.15) is 19.4 Å². The zero-order chi connectivity index (χ0) is 19.3. The van der Waals surface area contributed by atoms with Crippen LogP contribution >= 0.6 is 0 Å². The third-order valence-corrected chi connectivity index (χ3v) is 2.60. The number of carbonyl (C=O) groups excluding carboxylic acids is 2. The first kappa shape index (κ1) is 38.5. The maximum Gasteiger partial charge on any atom is 1.00 e. The van der Waals surface area contributed by atoms with E-state index in [1.807, 2.05) is 6.07 Å². The third-order valence-electron chi connectivity index (χ3n) is 1.91. The van der Waals surface area contributed by atoms with Gasteiger partial charge in [-0.3, -0.25) is 4.18 Å². The van der Waals surface area contributed by atoms with Crippen molar-refractivity contribution >= 4 is 32.2 Å². The summed E-state index contributed by atoms with van der Waals surface area (Å²) in [6, 6.07) is 8.97. The largest absolute Gasteiger partial charge is 1.00 e. The average molecular weight is 442 g/mol. The molecule has 0 aromatic heterocycles. The van der Waals surface area contributed by atoms with Crippen LogP contribution < -0.4 is 98.9 Å². The molecule has 0 saturated carbocycles. The Morgan fingerprint density at radius 2 is 1.30 bits per heavy atom. The number of carboxylic acid groups (broad SMARTS) is 2. The number of carbonyl (C=O) groups is 2. The Morgan fingerprint density at radius 3 is 1.52 bits per heavy atom. The van der Waals surface area contributed by atoms with Crippen LogP contribution in [0.5, 0.6) is 0 Å². The second-order valence-electron chi connectivity index (χ2n) is 4.29. The van der Waals surface area contributed by atoms with Gasteiger partial charge in [0.1, 0.15) is 0 Å². The van der Waals surface area contributed by atoms with Gasteiger partial charge in [-0.15, -0.1) is 0 Å². The molecule has 0 radical (unpaired) electrons. The van der Waals surface area contributed by atoms with Gasteiger partial charge in [-0.2, -0.15) is 0 Å². The van der Waals surface area contributed by atoms with E-state index in [0.717, 1.165) is 5.56 Å². The molecule has 1 atom stereocenters. The van der Waals surface area contributed by atoms with E-state index in [2.05, 4.69) is 28.5 Å². The average Bonchev–Trinajstić information content (AvgIpc) is 2.46. The molecule has 1 unspecified atom stereocenters. The molecular weight excluding hydrogens is 425 g/mol. The molecule has 134 valence electrons. The monoisotopic (exact) mass is 442 g/mol. The van der Waals surface area contributed by atoms with Crippen molar-refractivity contribution < 1.29 is 121 Å². The van der Waals surface area contributed by atoms with Crippen molar-refractivity contribution in [1.29, 1.82) is 0 Å². The predicted molar refractivity (Wildman–Crippen MR) is 87.2 cm³/mol. The number of benzene rings is 1. The third kappa shape index (κ3) is 31.8. The fraction of sp³-hybridized carbons (Fsp3) is 0.200. The number of hydrogen-bond donors (Lipinski definition) is 0. The quantitative estimate of drug-likeness (QED) is 0.325. The fourth-order valence-corrected chi connectivity index (χ4v) is 1.14. The van der Waals surface area contributed by atoms with Crippen molar-refractivity contribution in [2.45, 2.75) is 20.5 Å². The Bertz CT molecular complexity index is 630. The van der Waals surface area contributed by atoms with E-state index in [4.69, 9.17) is 0 Å². The molecule has 0 saturated heterocycles. The van der Waals surface area contributed by atoms with Gasteiger partial charge < -0.3 is 24.4 Å². The standard InChI is InChI=1S/C7H8O3S2.2C4H6O2.3Na/c8-12(9,11)10-6-7-4-2-1-3-5-7;2*1-3(2)4(5)6;;;/h1-5H,6H2,(H,8,9,11);2*1H2,2H3,(H,5,6);;;/q;;;3*+1/p-3. The SMILES string of the molecule is C=C(C)C(=O)[O-].C=C(C)C(=O)[O-].O=S([O-])(=S)OCc1ccccc1.[Na+].[Na+].[Na+]. The summed E-state index contributed by atoms with van der Waals surface area (Å²) in [5, 5.41) is 19.0. The molecule has 0 spiro atoms. The van der Waals surface area contributed by atoms with Gasteiger partial charge in [0, 0.05) is 0 Å². The van der Waals surface area contributed by atoms with Crippen molar-refractivity contribution in [3.8, 4) is 0 Å². The Labute approximate surface area is 231 Å². The van der Waals surface area contributed by atoms with Crippen LogP contribution in [-0.2, 0) is 40.6 Å². The normalized spacial score (nSPS) is 10.2. The number of aliphatic carboxylic acids is 2. The van der Waals surface area contributed by atoms with E-state index in [1.54, 1.807) is 24.3 Å². The van der Waals surface area contributed by atoms with Crippen LogP contribution in [-0.4, -0.2) is 20.7 Å². The van der Waals surface area contributed by atoms with Crippen molar-refractivity contribution in [1.82, 2.24) is 0 Å². The fourth-order valence-electron chi connectivity index (χ4n) is 0.714.